The number of hydrogen-bond donors (Lipinski definition) is 1. The number of anilines is 1. The molecule has 1 aromatic carbocycles. The second-order valence-electron chi connectivity index (χ2n) is 5.01. The van der Waals surface area contributed by atoms with E-state index in [1.807, 2.05) is 0 Å². The average Bonchev–Trinajstić information content (AvgIpc) is 2.57. The highest BCUT2D eigenvalue weighted by Gasteiger charge is 2.32. The van der Waals surface area contributed by atoms with Gasteiger partial charge < -0.3 is 10.1 Å². The average molecular weight is 452 g/mol. The Labute approximate surface area is 159 Å². The monoisotopic (exact) mass is 450 g/mol. The summed E-state index contributed by atoms with van der Waals surface area (Å²) in [5.74, 6) is -2.24. The summed E-state index contributed by atoms with van der Waals surface area (Å²) < 4.78 is 42.0. The molecule has 1 aromatic heterocycles. The summed E-state index contributed by atoms with van der Waals surface area (Å²) in [6.07, 6.45) is -3.49. The maximum atomic E-state index is 12.5. The number of aromatic nitrogens is 1. The highest BCUT2D eigenvalue weighted by molar-refractivity contribution is 9.10. The molecule has 0 unspecified atom stereocenters. The molecular weight excluding hydrogens is 441 g/mol. The molecular formula is C16H11BrClF3N2O3. The topological polar surface area (TPSA) is 68.3 Å². The van der Waals surface area contributed by atoms with E-state index in [2.05, 4.69) is 31.0 Å². The first kappa shape index (κ1) is 20.2. The number of amides is 1. The fourth-order valence-corrected chi connectivity index (χ4v) is 2.28. The fourth-order valence-electron chi connectivity index (χ4n) is 1.98. The van der Waals surface area contributed by atoms with Gasteiger partial charge in [-0.15, -0.1) is 24.8 Å². The van der Waals surface area contributed by atoms with Crippen molar-refractivity contribution >= 4 is 44.9 Å². The number of carbonyl (C=O) groups is 2. The highest BCUT2D eigenvalue weighted by Crippen LogP contribution is 2.31. The molecule has 5 nitrogen and oxygen atoms in total. The minimum absolute atomic E-state index is 0.0599. The SMILES string of the molecule is O=C(CCl)Nc1cc(C(=O)Cc2ccc(Br)cn2)ccc1OC(F)(F)F. The molecule has 0 fully saturated rings. The number of nitrogens with zero attached hydrogens (tertiary/aromatic N) is 1. The lowest BCUT2D eigenvalue weighted by Gasteiger charge is -2.14. The predicted octanol–water partition coefficient (Wildman–Crippen LogP) is 4.35. The first-order chi connectivity index (χ1) is 12.2. The molecule has 0 aliphatic carbocycles. The molecule has 0 atom stereocenters. The number of benzene rings is 1. The van der Waals surface area contributed by atoms with Crippen LogP contribution in [0, 0.1) is 0 Å². The van der Waals surface area contributed by atoms with E-state index in [1.165, 1.54) is 12.3 Å². The van der Waals surface area contributed by atoms with Crippen LogP contribution in [0.25, 0.3) is 0 Å². The Balaban J connectivity index is 2.27. The molecule has 0 bridgehead atoms. The number of hydrogen-bond acceptors (Lipinski definition) is 4. The first-order valence-electron chi connectivity index (χ1n) is 7.07. The molecule has 0 saturated heterocycles. The van der Waals surface area contributed by atoms with Crippen LogP contribution in [0.15, 0.2) is 41.0 Å². The molecule has 1 heterocycles. The van der Waals surface area contributed by atoms with E-state index in [0.29, 0.717) is 5.69 Å². The van der Waals surface area contributed by atoms with Crippen LogP contribution in [-0.2, 0) is 11.2 Å². The van der Waals surface area contributed by atoms with Crippen LogP contribution >= 0.6 is 27.5 Å². The molecule has 1 N–H and O–H groups in total. The third-order valence-electron chi connectivity index (χ3n) is 3.05. The van der Waals surface area contributed by atoms with Gasteiger partial charge in [0.15, 0.2) is 11.5 Å². The predicted molar refractivity (Wildman–Crippen MR) is 92.4 cm³/mol. The number of Topliss-reactive ketones (excluding diaryl/α,β-unsaturated/α-hetero) is 1. The minimum Gasteiger partial charge on any atom is -0.404 e. The third kappa shape index (κ3) is 5.99. The summed E-state index contributed by atoms with van der Waals surface area (Å²) in [5, 5.41) is 2.18. The Morgan fingerprint density at radius 1 is 1.23 bits per heavy atom. The summed E-state index contributed by atoms with van der Waals surface area (Å²) >= 11 is 8.58. The van der Waals surface area contributed by atoms with E-state index in [1.54, 1.807) is 12.1 Å². The van der Waals surface area contributed by atoms with E-state index < -0.39 is 23.9 Å². The Hall–Kier alpha value is -2.13. The third-order valence-corrected chi connectivity index (χ3v) is 3.76. The lowest BCUT2D eigenvalue weighted by Crippen LogP contribution is -2.20. The first-order valence-corrected chi connectivity index (χ1v) is 8.40. The van der Waals surface area contributed by atoms with Crippen molar-refractivity contribution in [2.45, 2.75) is 12.8 Å². The van der Waals surface area contributed by atoms with Crippen LogP contribution in [0.4, 0.5) is 18.9 Å². The van der Waals surface area contributed by atoms with Crippen LogP contribution < -0.4 is 10.1 Å². The standard InChI is InChI=1S/C16H11BrClF3N2O3/c17-10-2-3-11(22-8-10)6-13(24)9-1-4-14(26-16(19,20)21)12(5-9)23-15(25)7-18/h1-5,8H,6-7H2,(H,23,25). The number of alkyl halides is 4. The number of halogens is 5. The van der Waals surface area contributed by atoms with Crippen LogP contribution in [0.5, 0.6) is 5.75 Å². The summed E-state index contributed by atoms with van der Waals surface area (Å²) in [6.45, 7) is 0. The van der Waals surface area contributed by atoms with Crippen LogP contribution in [0.2, 0.25) is 0 Å². The van der Waals surface area contributed by atoms with Gasteiger partial charge in [-0.1, -0.05) is 0 Å². The molecule has 0 aliphatic heterocycles. The van der Waals surface area contributed by atoms with E-state index in [4.69, 9.17) is 11.6 Å². The quantitative estimate of drug-likeness (QED) is 0.524. The largest absolute Gasteiger partial charge is 0.573 e. The Morgan fingerprint density at radius 2 is 1.96 bits per heavy atom. The number of rotatable bonds is 6. The van der Waals surface area contributed by atoms with Gasteiger partial charge in [0.1, 0.15) is 5.88 Å². The second kappa shape index (κ2) is 8.50. The van der Waals surface area contributed by atoms with Gasteiger partial charge in [0, 0.05) is 21.9 Å². The van der Waals surface area contributed by atoms with E-state index >= 15 is 0 Å². The van der Waals surface area contributed by atoms with Crippen LogP contribution in [0.1, 0.15) is 16.1 Å². The van der Waals surface area contributed by atoms with Gasteiger partial charge in [0.25, 0.3) is 0 Å². The van der Waals surface area contributed by atoms with E-state index in [0.717, 1.165) is 16.6 Å². The molecule has 1 amide bonds. The zero-order valence-electron chi connectivity index (χ0n) is 12.9. The highest BCUT2D eigenvalue weighted by atomic mass is 79.9. The number of ether oxygens (including phenoxy) is 1. The molecule has 2 aromatic rings. The molecule has 0 saturated carbocycles. The van der Waals surface area contributed by atoms with Gasteiger partial charge in [0.2, 0.25) is 5.91 Å². The lowest BCUT2D eigenvalue weighted by atomic mass is 10.0. The van der Waals surface area contributed by atoms with Crippen molar-refractivity contribution in [1.82, 2.24) is 4.98 Å². The zero-order chi connectivity index (χ0) is 19.3. The summed E-state index contributed by atoms with van der Waals surface area (Å²) in [5.41, 5.74) is 0.275. The summed E-state index contributed by atoms with van der Waals surface area (Å²) in [6, 6.07) is 6.59. The molecule has 2 rings (SSSR count). The van der Waals surface area contributed by atoms with E-state index in [-0.39, 0.29) is 23.5 Å². The van der Waals surface area contributed by atoms with Gasteiger partial charge in [-0.3, -0.25) is 14.6 Å². The molecule has 0 spiro atoms. The van der Waals surface area contributed by atoms with Gasteiger partial charge in [-0.05, 0) is 46.3 Å². The smallest absolute Gasteiger partial charge is 0.404 e. The molecule has 26 heavy (non-hydrogen) atoms. The van der Waals surface area contributed by atoms with Crippen LogP contribution in [0.3, 0.4) is 0 Å². The Morgan fingerprint density at radius 3 is 2.54 bits per heavy atom. The number of carbonyl (C=O) groups excluding carboxylic acids is 2. The van der Waals surface area contributed by atoms with Crippen molar-refractivity contribution < 1.29 is 27.5 Å². The maximum Gasteiger partial charge on any atom is 0.573 e. The fraction of sp³-hybridized carbons (Fsp3) is 0.188. The zero-order valence-corrected chi connectivity index (χ0v) is 15.3. The van der Waals surface area contributed by atoms with Gasteiger partial charge in [-0.25, -0.2) is 0 Å². The maximum absolute atomic E-state index is 12.5. The summed E-state index contributed by atoms with van der Waals surface area (Å²) in [7, 11) is 0. The lowest BCUT2D eigenvalue weighted by molar-refractivity contribution is -0.274. The van der Waals surface area contributed by atoms with Gasteiger partial charge in [-0.2, -0.15) is 0 Å². The Kier molecular flexibility index (Phi) is 6.60. The van der Waals surface area contributed by atoms with E-state index in [9.17, 15) is 22.8 Å². The normalized spacial score (nSPS) is 11.1. The van der Waals surface area contributed by atoms with Crippen molar-refractivity contribution in [2.24, 2.45) is 0 Å². The summed E-state index contributed by atoms with van der Waals surface area (Å²) in [4.78, 5) is 27.8. The second-order valence-corrected chi connectivity index (χ2v) is 6.19. The van der Waals surface area contributed by atoms with Gasteiger partial charge in [0.05, 0.1) is 12.1 Å². The van der Waals surface area contributed by atoms with Crippen molar-refractivity contribution in [1.29, 1.82) is 0 Å². The molecule has 0 aliphatic rings. The van der Waals surface area contributed by atoms with Crippen molar-refractivity contribution in [3.63, 3.8) is 0 Å². The molecule has 0 radical (unpaired) electrons. The number of pyridine rings is 1. The molecule has 10 heteroatoms. The van der Waals surface area contributed by atoms with Crippen LogP contribution in [-0.4, -0.2) is 28.9 Å². The Bertz CT molecular complexity index is 813. The van der Waals surface area contributed by atoms with Crippen molar-refractivity contribution in [3.05, 3.63) is 52.3 Å². The van der Waals surface area contributed by atoms with Crippen molar-refractivity contribution in [2.75, 3.05) is 11.2 Å². The number of ketones is 1. The van der Waals surface area contributed by atoms with Gasteiger partial charge >= 0.3 is 6.36 Å². The molecule has 138 valence electrons. The number of nitrogens with one attached hydrogen (secondary N) is 1. The minimum atomic E-state index is -4.95. The van der Waals surface area contributed by atoms with Crippen molar-refractivity contribution in [3.8, 4) is 5.75 Å².